The first-order valence-electron chi connectivity index (χ1n) is 8.26. The van der Waals surface area contributed by atoms with Gasteiger partial charge in [0.15, 0.2) is 11.6 Å². The van der Waals surface area contributed by atoms with Gasteiger partial charge in [-0.15, -0.1) is 0 Å². The monoisotopic (exact) mass is 378 g/mol. The maximum absolute atomic E-state index is 6.19. The molecule has 0 saturated carbocycles. The highest BCUT2D eigenvalue weighted by Crippen LogP contribution is 2.45. The van der Waals surface area contributed by atoms with Crippen LogP contribution in [0.1, 0.15) is 41.5 Å². The van der Waals surface area contributed by atoms with Gasteiger partial charge in [0.25, 0.3) is 0 Å². The van der Waals surface area contributed by atoms with Gasteiger partial charge < -0.3 is 28.4 Å². The number of hydrogen-bond donors (Lipinski definition) is 0. The average molecular weight is 379 g/mol. The lowest BCUT2D eigenvalue weighted by molar-refractivity contribution is -0.198. The second kappa shape index (κ2) is 6.64. The van der Waals surface area contributed by atoms with Gasteiger partial charge in [0, 0.05) is 0 Å². The zero-order valence-corrected chi connectivity index (χ0v) is 16.6. The van der Waals surface area contributed by atoms with Crippen LogP contribution in [-0.4, -0.2) is 58.5 Å². The van der Waals surface area contributed by atoms with E-state index in [1.807, 2.05) is 41.5 Å². The lowest BCUT2D eigenvalue weighted by Crippen LogP contribution is -2.40. The van der Waals surface area contributed by atoms with Gasteiger partial charge in [0.05, 0.1) is 12.7 Å². The van der Waals surface area contributed by atoms with Crippen molar-refractivity contribution in [3.8, 4) is 0 Å². The highest BCUT2D eigenvalue weighted by molar-refractivity contribution is 8.22. The van der Waals surface area contributed by atoms with E-state index < -0.39 is 11.6 Å². The minimum atomic E-state index is -0.661. The van der Waals surface area contributed by atoms with Crippen molar-refractivity contribution in [3.05, 3.63) is 0 Å². The highest BCUT2D eigenvalue weighted by Gasteiger charge is 2.59. The zero-order valence-electron chi connectivity index (χ0n) is 14.9. The van der Waals surface area contributed by atoms with E-state index >= 15 is 0 Å². The van der Waals surface area contributed by atoms with Crippen LogP contribution in [0, 0.1) is 0 Å². The topological polar surface area (TPSA) is 55.4 Å². The Morgan fingerprint density at radius 2 is 1.71 bits per heavy atom. The molecule has 0 amide bonds. The summed E-state index contributed by atoms with van der Waals surface area (Å²) < 4.78 is 36.0. The molecular formula is C16H26O6S2. The van der Waals surface area contributed by atoms with Gasteiger partial charge in [-0.2, -0.15) is 0 Å². The first-order valence-corrected chi connectivity index (χ1v) is 9.55. The number of thioether (sulfide) groups is 1. The third kappa shape index (κ3) is 4.06. The molecule has 0 N–H and O–H groups in total. The van der Waals surface area contributed by atoms with Crippen molar-refractivity contribution in [1.29, 1.82) is 0 Å². The molecule has 3 saturated heterocycles. The summed E-state index contributed by atoms with van der Waals surface area (Å²) in [7, 11) is 0. The molecule has 0 aromatic rings. The number of hydrogen-bond acceptors (Lipinski definition) is 8. The summed E-state index contributed by atoms with van der Waals surface area (Å²) in [5.41, 5.74) is -0.291. The first-order chi connectivity index (χ1) is 11.1. The van der Waals surface area contributed by atoms with Crippen molar-refractivity contribution in [2.75, 3.05) is 6.61 Å². The van der Waals surface area contributed by atoms with E-state index in [0.29, 0.717) is 11.0 Å². The predicted octanol–water partition coefficient (Wildman–Crippen LogP) is 2.83. The summed E-state index contributed by atoms with van der Waals surface area (Å²) >= 11 is 6.66. The molecule has 24 heavy (non-hydrogen) atoms. The smallest absolute Gasteiger partial charge is 0.222 e. The van der Waals surface area contributed by atoms with Crippen LogP contribution in [0.15, 0.2) is 0 Å². The normalized spacial score (nSPS) is 40.0. The van der Waals surface area contributed by atoms with E-state index in [1.54, 1.807) is 0 Å². The maximum atomic E-state index is 6.19. The second-order valence-corrected chi connectivity index (χ2v) is 9.14. The van der Waals surface area contributed by atoms with Crippen molar-refractivity contribution in [3.63, 3.8) is 0 Å². The lowest BCUT2D eigenvalue weighted by Gasteiger charge is -2.27. The van der Waals surface area contributed by atoms with E-state index in [2.05, 4.69) is 0 Å². The summed E-state index contributed by atoms with van der Waals surface area (Å²) in [5, 5.41) is 0. The molecule has 3 aliphatic rings. The molecule has 0 aliphatic carbocycles. The SMILES string of the molecule is CC(C)OC(=S)S[C@H]1O[C@H]([C@H]2COC(C)(C)O2)[C@@H]2OC(C)(C)O[C@@H]21. The highest BCUT2D eigenvalue weighted by atomic mass is 32.2. The van der Waals surface area contributed by atoms with Crippen LogP contribution in [0.25, 0.3) is 0 Å². The molecule has 0 radical (unpaired) electrons. The fourth-order valence-electron chi connectivity index (χ4n) is 3.18. The van der Waals surface area contributed by atoms with Crippen LogP contribution in [-0.2, 0) is 28.4 Å². The Hall–Kier alpha value is 0.0400. The average Bonchev–Trinajstić information content (AvgIpc) is 3.01. The summed E-state index contributed by atoms with van der Waals surface area (Å²) in [6.07, 6.45) is -0.881. The summed E-state index contributed by atoms with van der Waals surface area (Å²) in [6, 6.07) is 0. The third-order valence-corrected chi connectivity index (χ3v) is 5.27. The molecule has 0 spiro atoms. The Bertz CT molecular complexity index is 495. The number of rotatable bonds is 3. The van der Waals surface area contributed by atoms with Crippen LogP contribution in [0.3, 0.4) is 0 Å². The molecule has 6 nitrogen and oxygen atoms in total. The van der Waals surface area contributed by atoms with Crippen LogP contribution < -0.4 is 0 Å². The quantitative estimate of drug-likeness (QED) is 0.695. The summed E-state index contributed by atoms with van der Waals surface area (Å²) in [6.45, 7) is 12.0. The van der Waals surface area contributed by atoms with Crippen molar-refractivity contribution >= 4 is 28.4 Å². The van der Waals surface area contributed by atoms with Gasteiger partial charge >= 0.3 is 0 Å². The molecule has 0 aromatic carbocycles. The van der Waals surface area contributed by atoms with Crippen molar-refractivity contribution in [2.24, 2.45) is 0 Å². The van der Waals surface area contributed by atoms with E-state index in [9.17, 15) is 0 Å². The molecule has 3 heterocycles. The fraction of sp³-hybridized carbons (Fsp3) is 0.938. The van der Waals surface area contributed by atoms with Crippen LogP contribution >= 0.6 is 24.0 Å². The van der Waals surface area contributed by atoms with E-state index in [4.69, 9.17) is 40.6 Å². The minimum absolute atomic E-state index is 0.0301. The van der Waals surface area contributed by atoms with Crippen molar-refractivity contribution in [2.45, 2.75) is 89.1 Å². The Morgan fingerprint density at radius 1 is 1.04 bits per heavy atom. The van der Waals surface area contributed by atoms with Gasteiger partial charge in [-0.3, -0.25) is 0 Å². The third-order valence-electron chi connectivity index (χ3n) is 3.99. The molecule has 3 fully saturated rings. The van der Waals surface area contributed by atoms with Crippen molar-refractivity contribution < 1.29 is 28.4 Å². The van der Waals surface area contributed by atoms with Gasteiger partial charge in [0.1, 0.15) is 29.9 Å². The standard InChI is InChI=1S/C16H26O6S2/c1-8(2)18-14(23)24-13-12-11(21-16(5,6)22-12)10(19-13)9-7-17-15(3,4)20-9/h8-13H,7H2,1-6H3/t9-,10-,11+,12+,13-/m1/s1. The zero-order chi connectivity index (χ0) is 17.7. The van der Waals surface area contributed by atoms with Crippen molar-refractivity contribution in [1.82, 2.24) is 0 Å². The Morgan fingerprint density at radius 3 is 2.29 bits per heavy atom. The molecule has 8 heteroatoms. The first kappa shape index (κ1) is 18.8. The largest absolute Gasteiger partial charge is 0.476 e. The second-order valence-electron chi connectivity index (χ2n) is 7.44. The van der Waals surface area contributed by atoms with Gasteiger partial charge in [-0.05, 0) is 65.5 Å². The van der Waals surface area contributed by atoms with Crippen LogP contribution in [0.4, 0.5) is 0 Å². The van der Waals surface area contributed by atoms with E-state index in [-0.39, 0.29) is 36.0 Å². The number of fused-ring (bicyclic) bond motifs is 1. The molecule has 3 aliphatic heterocycles. The molecule has 0 unspecified atom stereocenters. The van der Waals surface area contributed by atoms with E-state index in [1.165, 1.54) is 11.8 Å². The Balaban J connectivity index is 1.71. The minimum Gasteiger partial charge on any atom is -0.476 e. The molecule has 138 valence electrons. The lowest BCUT2D eigenvalue weighted by atomic mass is 10.1. The molecule has 3 rings (SSSR count). The van der Waals surface area contributed by atoms with Crippen LogP contribution in [0.2, 0.25) is 0 Å². The molecule has 0 aromatic heterocycles. The molecule has 0 bridgehead atoms. The predicted molar refractivity (Wildman–Crippen MR) is 93.8 cm³/mol. The Kier molecular flexibility index (Phi) is 5.21. The molecular weight excluding hydrogens is 352 g/mol. The maximum Gasteiger partial charge on any atom is 0.222 e. The number of thiocarbonyl (C=S) groups is 1. The Labute approximate surface area is 152 Å². The van der Waals surface area contributed by atoms with Gasteiger partial charge in [0.2, 0.25) is 4.38 Å². The number of ether oxygens (including phenoxy) is 6. The van der Waals surface area contributed by atoms with Gasteiger partial charge in [-0.1, -0.05) is 0 Å². The summed E-state index contributed by atoms with van der Waals surface area (Å²) in [4.78, 5) is 0. The van der Waals surface area contributed by atoms with E-state index in [0.717, 1.165) is 0 Å². The summed E-state index contributed by atoms with van der Waals surface area (Å²) in [5.74, 6) is -1.27. The molecule has 5 atom stereocenters. The fourth-order valence-corrected chi connectivity index (χ4v) is 4.62. The van der Waals surface area contributed by atoms with Gasteiger partial charge in [-0.25, -0.2) is 0 Å². The van der Waals surface area contributed by atoms with Crippen LogP contribution in [0.5, 0.6) is 0 Å².